The second-order valence-corrected chi connectivity index (χ2v) is 8.93. The number of primary amides is 1. The number of benzene rings is 1. The molecule has 2 amide bonds. The first-order chi connectivity index (χ1) is 14.2. The summed E-state index contributed by atoms with van der Waals surface area (Å²) in [5.74, 6) is -0.742. The van der Waals surface area contributed by atoms with Crippen LogP contribution < -0.4 is 11.1 Å². The van der Waals surface area contributed by atoms with Gasteiger partial charge in [0.15, 0.2) is 11.0 Å². The van der Waals surface area contributed by atoms with Gasteiger partial charge in [-0.15, -0.1) is 15.7 Å². The number of anilines is 1. The Balaban J connectivity index is 1.44. The molecule has 0 fully saturated rings. The molecule has 1 aliphatic heterocycles. The fourth-order valence-corrected chi connectivity index (χ4v) is 4.95. The lowest BCUT2D eigenvalue weighted by Crippen LogP contribution is -2.34. The maximum absolute atomic E-state index is 12.4. The second-order valence-electron chi connectivity index (χ2n) is 6.49. The van der Waals surface area contributed by atoms with E-state index in [1.165, 1.54) is 22.3 Å². The number of carbonyl (C=O) groups excluding carboxylic acids is 2. The SMILES string of the molecule is CN(CC(=O)Nc1nc(-c2c[nH]c(C(N)=O)c2)cs1)C1=NS(=O)(=O)c2ccccc21. The molecule has 0 bridgehead atoms. The van der Waals surface area contributed by atoms with Crippen LogP contribution in [0.15, 0.2) is 51.2 Å². The number of hydrogen-bond acceptors (Lipinski definition) is 7. The molecule has 154 valence electrons. The van der Waals surface area contributed by atoms with Crippen molar-refractivity contribution in [2.75, 3.05) is 18.9 Å². The average molecular weight is 444 g/mol. The summed E-state index contributed by atoms with van der Waals surface area (Å²) in [5, 5.41) is 4.78. The van der Waals surface area contributed by atoms with Gasteiger partial charge in [0.1, 0.15) is 10.6 Å². The number of aromatic amines is 1. The molecule has 10 nitrogen and oxygen atoms in total. The number of amidine groups is 1. The number of rotatable bonds is 5. The summed E-state index contributed by atoms with van der Waals surface area (Å²) in [4.78, 5) is 32.3. The maximum Gasteiger partial charge on any atom is 0.285 e. The fourth-order valence-electron chi connectivity index (χ4n) is 2.96. The first-order valence-electron chi connectivity index (χ1n) is 8.64. The topological polar surface area (TPSA) is 151 Å². The number of sulfonamides is 1. The van der Waals surface area contributed by atoms with E-state index in [4.69, 9.17) is 5.73 Å². The van der Waals surface area contributed by atoms with E-state index in [-0.39, 0.29) is 28.9 Å². The van der Waals surface area contributed by atoms with E-state index in [2.05, 4.69) is 19.7 Å². The van der Waals surface area contributed by atoms with Crippen molar-refractivity contribution in [3.05, 3.63) is 53.2 Å². The predicted octanol–water partition coefficient (Wildman–Crippen LogP) is 1.26. The van der Waals surface area contributed by atoms with E-state index >= 15 is 0 Å². The monoisotopic (exact) mass is 444 g/mol. The Bertz CT molecular complexity index is 1290. The number of carbonyl (C=O) groups is 2. The zero-order valence-corrected chi connectivity index (χ0v) is 17.3. The third kappa shape index (κ3) is 3.69. The standard InChI is InChI=1S/C18H16N6O4S2/c1-24(17-11-4-2-3-5-14(11)30(27,28)23-17)8-15(25)22-18-21-13(9-29-18)10-6-12(16(19)26)20-7-10/h2-7,9,20H,8H2,1H3,(H2,19,26)(H,21,22,25). The molecule has 1 aliphatic rings. The Morgan fingerprint density at radius 1 is 1.30 bits per heavy atom. The van der Waals surface area contributed by atoms with E-state index in [0.29, 0.717) is 22.0 Å². The Morgan fingerprint density at radius 2 is 2.07 bits per heavy atom. The van der Waals surface area contributed by atoms with Crippen LogP contribution in [0.4, 0.5) is 5.13 Å². The molecule has 3 aromatic rings. The molecule has 0 radical (unpaired) electrons. The maximum atomic E-state index is 12.4. The van der Waals surface area contributed by atoms with E-state index < -0.39 is 15.9 Å². The largest absolute Gasteiger partial charge is 0.364 e. The molecular weight excluding hydrogens is 428 g/mol. The summed E-state index contributed by atoms with van der Waals surface area (Å²) < 4.78 is 28.1. The second kappa shape index (κ2) is 7.39. The highest BCUT2D eigenvalue weighted by molar-refractivity contribution is 7.90. The number of aromatic nitrogens is 2. The van der Waals surface area contributed by atoms with Crippen molar-refractivity contribution in [2.24, 2.45) is 10.1 Å². The zero-order chi connectivity index (χ0) is 21.5. The minimum absolute atomic E-state index is 0.117. The number of fused-ring (bicyclic) bond motifs is 1. The first kappa shape index (κ1) is 19.8. The number of amides is 2. The number of hydrogen-bond donors (Lipinski definition) is 3. The molecule has 0 saturated heterocycles. The summed E-state index contributed by atoms with van der Waals surface area (Å²) in [7, 11) is -2.17. The van der Waals surface area contributed by atoms with Crippen LogP contribution in [0.25, 0.3) is 11.3 Å². The highest BCUT2D eigenvalue weighted by Gasteiger charge is 2.31. The van der Waals surface area contributed by atoms with Crippen LogP contribution in [0.3, 0.4) is 0 Å². The average Bonchev–Trinajstić information content (AvgIpc) is 3.40. The van der Waals surface area contributed by atoms with Crippen molar-refractivity contribution in [3.63, 3.8) is 0 Å². The lowest BCUT2D eigenvalue weighted by atomic mass is 10.2. The highest BCUT2D eigenvalue weighted by Crippen LogP contribution is 2.27. The number of nitrogens with zero attached hydrogens (tertiary/aromatic N) is 3. The number of H-pyrrole nitrogens is 1. The summed E-state index contributed by atoms with van der Waals surface area (Å²) in [6, 6.07) is 8.05. The van der Waals surface area contributed by atoms with Crippen molar-refractivity contribution in [2.45, 2.75) is 4.90 Å². The summed E-state index contributed by atoms with van der Waals surface area (Å²) >= 11 is 1.22. The molecule has 0 saturated carbocycles. The molecular formula is C18H16N6O4S2. The van der Waals surface area contributed by atoms with E-state index in [9.17, 15) is 18.0 Å². The molecule has 2 aromatic heterocycles. The number of nitrogens with one attached hydrogen (secondary N) is 2. The van der Waals surface area contributed by atoms with Crippen LogP contribution in [-0.4, -0.2) is 54.5 Å². The van der Waals surface area contributed by atoms with Gasteiger partial charge in [-0.05, 0) is 18.2 Å². The number of nitrogens with two attached hydrogens (primary N) is 1. The van der Waals surface area contributed by atoms with Gasteiger partial charge in [-0.25, -0.2) is 4.98 Å². The lowest BCUT2D eigenvalue weighted by Gasteiger charge is -2.17. The Morgan fingerprint density at radius 3 is 2.80 bits per heavy atom. The fraction of sp³-hybridized carbons (Fsp3) is 0.111. The molecule has 1 aromatic carbocycles. The molecule has 0 unspecified atom stereocenters. The van der Waals surface area contributed by atoms with Crippen molar-refractivity contribution >= 4 is 44.1 Å². The zero-order valence-electron chi connectivity index (χ0n) is 15.6. The molecule has 4 N–H and O–H groups in total. The number of likely N-dealkylation sites (N-methyl/N-ethyl adjacent to an activating group) is 1. The van der Waals surface area contributed by atoms with Crippen molar-refractivity contribution in [3.8, 4) is 11.3 Å². The lowest BCUT2D eigenvalue weighted by molar-refractivity contribution is -0.116. The first-order valence-corrected chi connectivity index (χ1v) is 11.0. The van der Waals surface area contributed by atoms with Crippen molar-refractivity contribution in [1.29, 1.82) is 0 Å². The van der Waals surface area contributed by atoms with Gasteiger partial charge in [0.2, 0.25) is 5.91 Å². The van der Waals surface area contributed by atoms with Gasteiger partial charge in [-0.2, -0.15) is 8.42 Å². The summed E-state index contributed by atoms with van der Waals surface area (Å²) in [6.07, 6.45) is 1.60. The molecule has 12 heteroatoms. The molecule has 3 heterocycles. The van der Waals surface area contributed by atoms with E-state index in [1.807, 2.05) is 0 Å². The minimum Gasteiger partial charge on any atom is -0.364 e. The van der Waals surface area contributed by atoms with Gasteiger partial charge in [-0.1, -0.05) is 12.1 Å². The van der Waals surface area contributed by atoms with Crippen LogP contribution in [0, 0.1) is 0 Å². The molecule has 0 aliphatic carbocycles. The van der Waals surface area contributed by atoms with Crippen LogP contribution in [0.2, 0.25) is 0 Å². The Kier molecular flexibility index (Phi) is 4.87. The van der Waals surface area contributed by atoms with Gasteiger partial charge in [0, 0.05) is 29.8 Å². The van der Waals surface area contributed by atoms with Crippen LogP contribution in [-0.2, 0) is 14.8 Å². The van der Waals surface area contributed by atoms with Crippen LogP contribution in [0.5, 0.6) is 0 Å². The Hall–Kier alpha value is -3.51. The predicted molar refractivity (Wildman–Crippen MR) is 112 cm³/mol. The highest BCUT2D eigenvalue weighted by atomic mass is 32.2. The third-order valence-electron chi connectivity index (χ3n) is 4.35. The van der Waals surface area contributed by atoms with Crippen molar-refractivity contribution < 1.29 is 18.0 Å². The molecule has 0 spiro atoms. The van der Waals surface area contributed by atoms with Crippen LogP contribution >= 0.6 is 11.3 Å². The Labute approximate surface area is 175 Å². The molecule has 4 rings (SSSR count). The normalized spacial score (nSPS) is 14.1. The molecule has 30 heavy (non-hydrogen) atoms. The van der Waals surface area contributed by atoms with Gasteiger partial charge in [0.25, 0.3) is 15.9 Å². The van der Waals surface area contributed by atoms with Gasteiger partial charge >= 0.3 is 0 Å². The molecule has 0 atom stereocenters. The minimum atomic E-state index is -3.76. The third-order valence-corrected chi connectivity index (χ3v) is 6.43. The summed E-state index contributed by atoms with van der Waals surface area (Å²) in [5.41, 5.74) is 7.19. The van der Waals surface area contributed by atoms with E-state index in [1.54, 1.807) is 42.9 Å². The van der Waals surface area contributed by atoms with Crippen LogP contribution in [0.1, 0.15) is 16.1 Å². The van der Waals surface area contributed by atoms with Gasteiger partial charge in [0.05, 0.1) is 12.2 Å². The number of thiazole rings is 1. The van der Waals surface area contributed by atoms with Gasteiger partial charge in [-0.3, -0.25) is 9.59 Å². The van der Waals surface area contributed by atoms with Crippen molar-refractivity contribution in [1.82, 2.24) is 14.9 Å². The summed E-state index contributed by atoms with van der Waals surface area (Å²) in [6.45, 7) is -0.117. The smallest absolute Gasteiger partial charge is 0.285 e. The van der Waals surface area contributed by atoms with Gasteiger partial charge < -0.3 is 20.9 Å². The quantitative estimate of drug-likeness (QED) is 0.539. The van der Waals surface area contributed by atoms with E-state index in [0.717, 1.165) is 0 Å².